The Hall–Kier alpha value is -2.88. The number of carbonyl (C=O) groups excluding carboxylic acids is 1. The van der Waals surface area contributed by atoms with Crippen molar-refractivity contribution in [1.29, 1.82) is 0 Å². The van der Waals surface area contributed by atoms with Gasteiger partial charge in [0.2, 0.25) is 0 Å². The molecular weight excluding hydrogens is 288 g/mol. The lowest BCUT2D eigenvalue weighted by atomic mass is 10.1. The molecule has 3 aromatic rings. The van der Waals surface area contributed by atoms with Gasteiger partial charge in [-0.15, -0.1) is 0 Å². The predicted octanol–water partition coefficient (Wildman–Crippen LogP) is 3.07. The summed E-state index contributed by atoms with van der Waals surface area (Å²) < 4.78 is 0. The first-order chi connectivity index (χ1) is 11.0. The Morgan fingerprint density at radius 3 is 2.52 bits per heavy atom. The molecule has 0 unspecified atom stereocenters. The number of aromatic amines is 1. The Labute approximate surface area is 134 Å². The predicted molar refractivity (Wildman–Crippen MR) is 91.7 cm³/mol. The summed E-state index contributed by atoms with van der Waals surface area (Å²) in [5.74, 6) is -0.185. The van der Waals surface area contributed by atoms with E-state index < -0.39 is 0 Å². The van der Waals surface area contributed by atoms with Crippen LogP contribution in [0.5, 0.6) is 0 Å². The molecule has 1 heterocycles. The van der Waals surface area contributed by atoms with E-state index in [-0.39, 0.29) is 18.0 Å². The van der Waals surface area contributed by atoms with Gasteiger partial charge in [0.1, 0.15) is 0 Å². The third-order valence-corrected chi connectivity index (χ3v) is 3.93. The minimum absolute atomic E-state index is 0.152. The summed E-state index contributed by atoms with van der Waals surface area (Å²) in [6, 6.07) is 15.4. The Morgan fingerprint density at radius 2 is 1.78 bits per heavy atom. The van der Waals surface area contributed by atoms with Gasteiger partial charge in [0.05, 0.1) is 0 Å². The second-order valence-electron chi connectivity index (χ2n) is 5.69. The van der Waals surface area contributed by atoms with E-state index in [1.165, 1.54) is 0 Å². The number of hydrogen-bond donors (Lipinski definition) is 2. The van der Waals surface area contributed by atoms with Crippen LogP contribution in [0.25, 0.3) is 10.8 Å². The Kier molecular flexibility index (Phi) is 3.98. The minimum Gasteiger partial charge on any atom is -0.348 e. The zero-order valence-electron chi connectivity index (χ0n) is 13.1. The third kappa shape index (κ3) is 3.16. The highest BCUT2D eigenvalue weighted by Gasteiger charge is 2.09. The van der Waals surface area contributed by atoms with Gasteiger partial charge in [0.15, 0.2) is 0 Å². The molecule has 1 aromatic heterocycles. The summed E-state index contributed by atoms with van der Waals surface area (Å²) in [5, 5.41) is 4.93. The fourth-order valence-electron chi connectivity index (χ4n) is 2.70. The van der Waals surface area contributed by atoms with Crippen LogP contribution < -0.4 is 10.9 Å². The van der Waals surface area contributed by atoms with Crippen LogP contribution in [0.15, 0.2) is 53.3 Å². The number of rotatable bonds is 3. The third-order valence-electron chi connectivity index (χ3n) is 3.93. The molecule has 0 atom stereocenters. The number of benzene rings is 2. The van der Waals surface area contributed by atoms with Crippen molar-refractivity contribution in [3.63, 3.8) is 0 Å². The Bertz CT molecular complexity index is 941. The minimum atomic E-state index is -0.185. The number of fused-ring (bicyclic) bond motifs is 1. The van der Waals surface area contributed by atoms with Crippen molar-refractivity contribution in [3.8, 4) is 0 Å². The monoisotopic (exact) mass is 306 g/mol. The molecule has 3 rings (SSSR count). The summed E-state index contributed by atoms with van der Waals surface area (Å²) >= 11 is 0. The van der Waals surface area contributed by atoms with E-state index in [0.717, 1.165) is 22.0 Å². The lowest BCUT2D eigenvalue weighted by Gasteiger charge is -2.09. The van der Waals surface area contributed by atoms with E-state index in [1.54, 1.807) is 6.07 Å². The van der Waals surface area contributed by atoms with E-state index >= 15 is 0 Å². The molecule has 4 heteroatoms. The van der Waals surface area contributed by atoms with Crippen molar-refractivity contribution < 1.29 is 4.79 Å². The summed E-state index contributed by atoms with van der Waals surface area (Å²) in [6.45, 7) is 3.93. The molecule has 116 valence electrons. The second kappa shape index (κ2) is 6.08. The van der Waals surface area contributed by atoms with Crippen LogP contribution in [0, 0.1) is 13.8 Å². The highest BCUT2D eigenvalue weighted by atomic mass is 16.1. The fourth-order valence-corrected chi connectivity index (χ4v) is 2.70. The van der Waals surface area contributed by atoms with Gasteiger partial charge in [0, 0.05) is 23.4 Å². The van der Waals surface area contributed by atoms with Crippen molar-refractivity contribution in [1.82, 2.24) is 10.3 Å². The molecule has 0 aliphatic rings. The largest absolute Gasteiger partial charge is 0.348 e. The topological polar surface area (TPSA) is 62.0 Å². The summed E-state index contributed by atoms with van der Waals surface area (Å²) in [5.41, 5.74) is 2.72. The highest BCUT2D eigenvalue weighted by molar-refractivity contribution is 5.98. The average molecular weight is 306 g/mol. The molecule has 0 saturated carbocycles. The molecule has 0 spiro atoms. The molecule has 4 nitrogen and oxygen atoms in total. The summed E-state index contributed by atoms with van der Waals surface area (Å²) in [4.78, 5) is 27.1. The molecule has 0 radical (unpaired) electrons. The number of aryl methyl sites for hydroxylation is 2. The van der Waals surface area contributed by atoms with Gasteiger partial charge in [-0.2, -0.15) is 0 Å². The van der Waals surface area contributed by atoms with Gasteiger partial charge >= 0.3 is 0 Å². The molecule has 0 bridgehead atoms. The van der Waals surface area contributed by atoms with Crippen molar-refractivity contribution in [2.45, 2.75) is 20.4 Å². The van der Waals surface area contributed by atoms with E-state index in [9.17, 15) is 9.59 Å². The number of nitrogens with one attached hydrogen (secondary N) is 2. The lowest BCUT2D eigenvalue weighted by molar-refractivity contribution is 0.0951. The van der Waals surface area contributed by atoms with Gasteiger partial charge in [0.25, 0.3) is 11.5 Å². The maximum absolute atomic E-state index is 12.3. The number of carbonyl (C=O) groups is 1. The number of hydrogen-bond acceptors (Lipinski definition) is 2. The van der Waals surface area contributed by atoms with Gasteiger partial charge in [-0.1, -0.05) is 30.3 Å². The zero-order valence-corrected chi connectivity index (χ0v) is 13.1. The number of pyridine rings is 1. The van der Waals surface area contributed by atoms with Crippen LogP contribution in [-0.2, 0) is 6.54 Å². The Balaban J connectivity index is 1.80. The molecular formula is C19H18N2O2. The van der Waals surface area contributed by atoms with Gasteiger partial charge in [-0.3, -0.25) is 9.59 Å². The molecule has 1 amide bonds. The van der Waals surface area contributed by atoms with Gasteiger partial charge < -0.3 is 10.3 Å². The first-order valence-corrected chi connectivity index (χ1v) is 7.51. The van der Waals surface area contributed by atoms with Crippen LogP contribution in [0.1, 0.15) is 27.2 Å². The molecule has 0 fully saturated rings. The maximum Gasteiger partial charge on any atom is 0.253 e. The maximum atomic E-state index is 12.3. The highest BCUT2D eigenvalue weighted by Crippen LogP contribution is 2.15. The van der Waals surface area contributed by atoms with Crippen LogP contribution in [0.3, 0.4) is 0 Å². The van der Waals surface area contributed by atoms with Gasteiger partial charge in [-0.25, -0.2) is 0 Å². The van der Waals surface area contributed by atoms with E-state index in [2.05, 4.69) is 10.3 Å². The quantitative estimate of drug-likeness (QED) is 0.781. The molecule has 2 aromatic carbocycles. The summed E-state index contributed by atoms with van der Waals surface area (Å²) in [6.07, 6.45) is 0. The average Bonchev–Trinajstić information content (AvgIpc) is 2.53. The smallest absolute Gasteiger partial charge is 0.253 e. The molecule has 0 saturated heterocycles. The fraction of sp³-hybridized carbons (Fsp3) is 0.158. The SMILES string of the molecule is Cc1cc(C)c(CNC(=O)c2ccc3ccccc3c2)c(=O)[nH]1. The molecule has 0 aliphatic heterocycles. The number of amides is 1. The van der Waals surface area contributed by atoms with Crippen LogP contribution >= 0.6 is 0 Å². The van der Waals surface area contributed by atoms with E-state index in [4.69, 9.17) is 0 Å². The Morgan fingerprint density at radius 1 is 1.04 bits per heavy atom. The molecule has 23 heavy (non-hydrogen) atoms. The van der Waals surface area contributed by atoms with Gasteiger partial charge in [-0.05, 0) is 48.4 Å². The number of aromatic nitrogens is 1. The lowest BCUT2D eigenvalue weighted by Crippen LogP contribution is -2.27. The van der Waals surface area contributed by atoms with E-state index in [1.807, 2.05) is 56.3 Å². The van der Waals surface area contributed by atoms with Crippen LogP contribution in [0.2, 0.25) is 0 Å². The van der Waals surface area contributed by atoms with E-state index in [0.29, 0.717) is 11.1 Å². The zero-order chi connectivity index (χ0) is 16.4. The van der Waals surface area contributed by atoms with Crippen molar-refractivity contribution in [3.05, 3.63) is 81.3 Å². The molecule has 0 aliphatic carbocycles. The summed E-state index contributed by atoms with van der Waals surface area (Å²) in [7, 11) is 0. The first kappa shape index (κ1) is 15.0. The normalized spacial score (nSPS) is 10.7. The molecule has 2 N–H and O–H groups in total. The number of H-pyrrole nitrogens is 1. The van der Waals surface area contributed by atoms with Crippen molar-refractivity contribution >= 4 is 16.7 Å². The second-order valence-corrected chi connectivity index (χ2v) is 5.69. The first-order valence-electron chi connectivity index (χ1n) is 7.51. The van der Waals surface area contributed by atoms with Crippen molar-refractivity contribution in [2.24, 2.45) is 0 Å². The van der Waals surface area contributed by atoms with Crippen LogP contribution in [0.4, 0.5) is 0 Å². The van der Waals surface area contributed by atoms with Crippen LogP contribution in [-0.4, -0.2) is 10.9 Å². The standard InChI is InChI=1S/C19H18N2O2/c1-12-9-13(2)21-19(23)17(12)11-20-18(22)16-8-7-14-5-3-4-6-15(14)10-16/h3-10H,11H2,1-2H3,(H,20,22)(H,21,23). The van der Waals surface area contributed by atoms with Crippen molar-refractivity contribution in [2.75, 3.05) is 0 Å².